The van der Waals surface area contributed by atoms with Gasteiger partial charge in [-0.3, -0.25) is 4.68 Å². The smallest absolute Gasteiger partial charge is 0.132 e. The first-order valence-corrected chi connectivity index (χ1v) is 4.97. The predicted octanol–water partition coefficient (Wildman–Crippen LogP) is 2.10. The molecule has 1 heterocycles. The molecular weight excluding hydrogens is 204 g/mol. The molecule has 0 saturated carbocycles. The first kappa shape index (κ1) is 10.5. The molecule has 0 radical (unpaired) electrons. The second-order valence-corrected chi connectivity index (χ2v) is 3.41. The fraction of sp³-hybridized carbons (Fsp3) is 0.250. The van der Waals surface area contributed by atoms with Crippen molar-refractivity contribution in [1.82, 2.24) is 9.78 Å². The first-order valence-electron chi connectivity index (χ1n) is 4.97. The average molecular weight is 218 g/mol. The summed E-state index contributed by atoms with van der Waals surface area (Å²) in [7, 11) is 5.16. The molecule has 0 spiro atoms. The predicted molar refractivity (Wildman–Crippen MR) is 61.7 cm³/mol. The molecule has 0 aliphatic carbocycles. The lowest BCUT2D eigenvalue weighted by molar-refractivity contribution is 0.397. The Hall–Kier alpha value is -1.97. The van der Waals surface area contributed by atoms with E-state index >= 15 is 0 Å². The summed E-state index contributed by atoms with van der Waals surface area (Å²) in [5.41, 5.74) is 1.73. The third kappa shape index (κ3) is 1.74. The largest absolute Gasteiger partial charge is 0.496 e. The van der Waals surface area contributed by atoms with Crippen molar-refractivity contribution in [2.45, 2.75) is 0 Å². The van der Waals surface area contributed by atoms with Gasteiger partial charge in [0.15, 0.2) is 0 Å². The summed E-state index contributed by atoms with van der Waals surface area (Å²) in [6.45, 7) is 0. The number of ether oxygens (including phenoxy) is 2. The molecule has 4 nitrogen and oxygen atoms in total. The van der Waals surface area contributed by atoms with E-state index in [1.54, 1.807) is 18.9 Å². The lowest BCUT2D eigenvalue weighted by atomic mass is 10.1. The molecule has 0 atom stereocenters. The highest BCUT2D eigenvalue weighted by atomic mass is 16.5. The van der Waals surface area contributed by atoms with Gasteiger partial charge in [-0.1, -0.05) is 6.07 Å². The maximum atomic E-state index is 5.32. The van der Waals surface area contributed by atoms with Crippen LogP contribution >= 0.6 is 0 Å². The summed E-state index contributed by atoms with van der Waals surface area (Å²) in [6.07, 6.45) is 1.89. The van der Waals surface area contributed by atoms with Crippen LogP contribution in [0, 0.1) is 0 Å². The lowest BCUT2D eigenvalue weighted by Gasteiger charge is -2.10. The fourth-order valence-corrected chi connectivity index (χ4v) is 1.65. The quantitative estimate of drug-likeness (QED) is 0.791. The van der Waals surface area contributed by atoms with Gasteiger partial charge < -0.3 is 9.47 Å². The first-order chi connectivity index (χ1) is 7.76. The van der Waals surface area contributed by atoms with Crippen LogP contribution < -0.4 is 9.47 Å². The molecule has 1 aromatic heterocycles. The zero-order valence-corrected chi connectivity index (χ0v) is 9.60. The minimum absolute atomic E-state index is 0.762. The van der Waals surface area contributed by atoms with E-state index in [9.17, 15) is 0 Å². The van der Waals surface area contributed by atoms with Crippen molar-refractivity contribution < 1.29 is 9.47 Å². The summed E-state index contributed by atoms with van der Waals surface area (Å²) in [5.74, 6) is 1.52. The molecule has 0 bridgehead atoms. The van der Waals surface area contributed by atoms with Crippen LogP contribution in [0.4, 0.5) is 0 Å². The number of hydrogen-bond donors (Lipinski definition) is 0. The van der Waals surface area contributed by atoms with Crippen LogP contribution in [0.3, 0.4) is 0 Å². The van der Waals surface area contributed by atoms with Crippen molar-refractivity contribution in [2.75, 3.05) is 14.2 Å². The van der Waals surface area contributed by atoms with Gasteiger partial charge in [0.2, 0.25) is 0 Å². The number of rotatable bonds is 3. The van der Waals surface area contributed by atoms with E-state index in [2.05, 4.69) is 5.10 Å². The minimum Gasteiger partial charge on any atom is -0.496 e. The Kier molecular flexibility index (Phi) is 2.81. The summed E-state index contributed by atoms with van der Waals surface area (Å²) in [6, 6.07) is 7.61. The molecular formula is C12H14N2O2. The zero-order valence-electron chi connectivity index (χ0n) is 9.60. The Morgan fingerprint density at radius 2 is 1.69 bits per heavy atom. The number of benzene rings is 1. The van der Waals surface area contributed by atoms with Crippen molar-refractivity contribution in [2.24, 2.45) is 7.05 Å². The molecule has 2 aromatic rings. The van der Waals surface area contributed by atoms with Crippen LogP contribution in [0.2, 0.25) is 0 Å². The van der Waals surface area contributed by atoms with Crippen LogP contribution in [-0.2, 0) is 7.05 Å². The molecule has 0 unspecified atom stereocenters. The van der Waals surface area contributed by atoms with Gasteiger partial charge in [-0.25, -0.2) is 0 Å². The molecule has 2 rings (SSSR count). The Labute approximate surface area is 94.4 Å². The van der Waals surface area contributed by atoms with Gasteiger partial charge in [0.25, 0.3) is 0 Å². The molecule has 0 saturated heterocycles. The van der Waals surface area contributed by atoms with Crippen molar-refractivity contribution in [3.63, 3.8) is 0 Å². The Bertz CT molecular complexity index is 469. The van der Waals surface area contributed by atoms with E-state index in [4.69, 9.17) is 9.47 Å². The number of aryl methyl sites for hydroxylation is 1. The Morgan fingerprint density at radius 1 is 1.06 bits per heavy atom. The van der Waals surface area contributed by atoms with Crippen molar-refractivity contribution >= 4 is 0 Å². The Balaban J connectivity index is 2.60. The van der Waals surface area contributed by atoms with E-state index in [0.29, 0.717) is 0 Å². The monoisotopic (exact) mass is 218 g/mol. The third-order valence-electron chi connectivity index (χ3n) is 2.40. The highest BCUT2D eigenvalue weighted by molar-refractivity contribution is 5.73. The lowest BCUT2D eigenvalue weighted by Crippen LogP contribution is -1.94. The molecule has 1 aromatic carbocycles. The van der Waals surface area contributed by atoms with Gasteiger partial charge in [-0.15, -0.1) is 0 Å². The second kappa shape index (κ2) is 4.26. The van der Waals surface area contributed by atoms with Crippen molar-refractivity contribution in [1.29, 1.82) is 0 Å². The van der Waals surface area contributed by atoms with Gasteiger partial charge in [0.1, 0.15) is 11.5 Å². The average Bonchev–Trinajstić information content (AvgIpc) is 2.74. The number of hydrogen-bond acceptors (Lipinski definition) is 3. The van der Waals surface area contributed by atoms with E-state index in [0.717, 1.165) is 22.8 Å². The summed E-state index contributed by atoms with van der Waals surface area (Å²) in [5, 5.41) is 4.35. The summed E-state index contributed by atoms with van der Waals surface area (Å²) >= 11 is 0. The van der Waals surface area contributed by atoms with Gasteiger partial charge in [0, 0.05) is 13.2 Å². The van der Waals surface area contributed by atoms with Crippen molar-refractivity contribution in [3.05, 3.63) is 30.5 Å². The molecule has 16 heavy (non-hydrogen) atoms. The van der Waals surface area contributed by atoms with Gasteiger partial charge in [-0.05, 0) is 18.2 Å². The van der Waals surface area contributed by atoms with E-state index in [1.807, 2.05) is 37.5 Å². The molecule has 84 valence electrons. The van der Waals surface area contributed by atoms with Gasteiger partial charge in [0.05, 0.1) is 25.5 Å². The van der Waals surface area contributed by atoms with Crippen LogP contribution in [0.1, 0.15) is 0 Å². The molecule has 0 aliphatic rings. The van der Waals surface area contributed by atoms with Gasteiger partial charge in [-0.2, -0.15) is 5.10 Å². The van der Waals surface area contributed by atoms with Crippen LogP contribution in [0.15, 0.2) is 30.5 Å². The topological polar surface area (TPSA) is 36.3 Å². The normalized spacial score (nSPS) is 10.2. The molecule has 0 fully saturated rings. The van der Waals surface area contributed by atoms with Crippen molar-refractivity contribution in [3.8, 4) is 22.8 Å². The van der Waals surface area contributed by atoms with E-state index < -0.39 is 0 Å². The summed E-state index contributed by atoms with van der Waals surface area (Å²) < 4.78 is 12.4. The standard InChI is InChI=1S/C12H14N2O2/c1-14-8-7-9(13-14)12-10(15-2)5-4-6-11(12)16-3/h4-8H,1-3H3. The fourth-order valence-electron chi connectivity index (χ4n) is 1.65. The van der Waals surface area contributed by atoms with Gasteiger partial charge >= 0.3 is 0 Å². The maximum absolute atomic E-state index is 5.32. The number of methoxy groups -OCH3 is 2. The Morgan fingerprint density at radius 3 is 2.12 bits per heavy atom. The molecule has 0 N–H and O–H groups in total. The van der Waals surface area contributed by atoms with E-state index in [1.165, 1.54) is 0 Å². The molecule has 0 amide bonds. The summed E-state index contributed by atoms with van der Waals surface area (Å²) in [4.78, 5) is 0. The molecule has 4 heteroatoms. The van der Waals surface area contributed by atoms with Crippen LogP contribution in [0.25, 0.3) is 11.3 Å². The zero-order chi connectivity index (χ0) is 11.5. The maximum Gasteiger partial charge on any atom is 0.132 e. The minimum atomic E-state index is 0.762. The van der Waals surface area contributed by atoms with Crippen LogP contribution in [0.5, 0.6) is 11.5 Å². The highest BCUT2D eigenvalue weighted by Crippen LogP contribution is 2.36. The number of nitrogens with zero attached hydrogens (tertiary/aromatic N) is 2. The highest BCUT2D eigenvalue weighted by Gasteiger charge is 2.13. The molecule has 0 aliphatic heterocycles. The third-order valence-corrected chi connectivity index (χ3v) is 2.40. The van der Waals surface area contributed by atoms with E-state index in [-0.39, 0.29) is 0 Å². The SMILES string of the molecule is COc1cccc(OC)c1-c1ccn(C)n1. The van der Waals surface area contributed by atoms with Crippen LogP contribution in [-0.4, -0.2) is 24.0 Å². The second-order valence-electron chi connectivity index (χ2n) is 3.41. The number of aromatic nitrogens is 2.